The van der Waals surface area contributed by atoms with E-state index in [1.165, 1.54) is 18.4 Å². The van der Waals surface area contributed by atoms with Crippen molar-refractivity contribution in [1.82, 2.24) is 10.2 Å². The van der Waals surface area contributed by atoms with E-state index in [9.17, 15) is 4.79 Å². The molecule has 1 aromatic carbocycles. The van der Waals surface area contributed by atoms with Gasteiger partial charge in [0, 0.05) is 19.7 Å². The number of piperidine rings is 1. The average Bonchev–Trinajstić information content (AvgIpc) is 2.58. The Morgan fingerprint density at radius 2 is 1.48 bits per heavy atom. The van der Waals surface area contributed by atoms with Crippen LogP contribution >= 0.6 is 0 Å². The Morgan fingerprint density at radius 3 is 1.90 bits per heavy atom. The van der Waals surface area contributed by atoms with Crippen LogP contribution in [0.4, 0.5) is 0 Å². The molecule has 1 aliphatic rings. The van der Waals surface area contributed by atoms with Crippen molar-refractivity contribution in [2.24, 2.45) is 0 Å². The molecule has 2 rings (SSSR count). The van der Waals surface area contributed by atoms with Crippen LogP contribution in [0, 0.1) is 0 Å². The highest BCUT2D eigenvalue weighted by Gasteiger charge is 2.15. The molecular weight excluding hydrogens is 260 g/mol. The third kappa shape index (κ3) is 6.30. The Kier molecular flexibility index (Phi) is 10.6. The second-order valence-corrected chi connectivity index (χ2v) is 4.85. The largest absolute Gasteiger partial charge is 0.345 e. The molecule has 0 unspecified atom stereocenters. The van der Waals surface area contributed by atoms with Gasteiger partial charge in [0.05, 0.1) is 0 Å². The van der Waals surface area contributed by atoms with Gasteiger partial charge in [0.2, 0.25) is 0 Å². The van der Waals surface area contributed by atoms with E-state index in [1.807, 2.05) is 39.8 Å². The number of carbonyl (C=O) groups is 1. The van der Waals surface area contributed by atoms with E-state index in [0.717, 1.165) is 18.7 Å². The van der Waals surface area contributed by atoms with E-state index in [-0.39, 0.29) is 5.91 Å². The Hall–Kier alpha value is -1.35. The maximum atomic E-state index is 11.7. The summed E-state index contributed by atoms with van der Waals surface area (Å²) in [5, 5.41) is 3.37. The molecule has 0 aliphatic carbocycles. The summed E-state index contributed by atoms with van der Waals surface area (Å²) < 4.78 is 0. The summed E-state index contributed by atoms with van der Waals surface area (Å²) in [7, 11) is 3.56. The molecule has 3 nitrogen and oxygen atoms in total. The molecule has 0 spiro atoms. The zero-order valence-electron chi connectivity index (χ0n) is 14.6. The van der Waals surface area contributed by atoms with Crippen LogP contribution in [0.5, 0.6) is 0 Å². The van der Waals surface area contributed by atoms with Gasteiger partial charge in [0.25, 0.3) is 5.91 Å². The van der Waals surface area contributed by atoms with Crippen molar-refractivity contribution in [3.8, 4) is 0 Å². The van der Waals surface area contributed by atoms with Gasteiger partial charge in [0.15, 0.2) is 0 Å². The Balaban J connectivity index is 0.000000921. The van der Waals surface area contributed by atoms with Crippen LogP contribution in [-0.2, 0) is 0 Å². The molecule has 21 heavy (non-hydrogen) atoms. The highest BCUT2D eigenvalue weighted by Crippen LogP contribution is 2.25. The molecule has 1 fully saturated rings. The standard InChI is InChI=1S/C14H20N2O.2C2H6/c1-16(2)14(17)13-5-3-11(4-6-13)12-7-9-15-10-8-12;2*1-2/h3-6,12,15H,7-10H2,1-2H3;2*1-2H3. The maximum absolute atomic E-state index is 11.7. The van der Waals surface area contributed by atoms with Crippen LogP contribution < -0.4 is 5.32 Å². The molecule has 0 aromatic heterocycles. The molecule has 1 N–H and O–H groups in total. The van der Waals surface area contributed by atoms with Crippen LogP contribution in [0.3, 0.4) is 0 Å². The Labute approximate surface area is 130 Å². The summed E-state index contributed by atoms with van der Waals surface area (Å²) in [5.74, 6) is 0.724. The van der Waals surface area contributed by atoms with Gasteiger partial charge in [-0.05, 0) is 49.5 Å². The lowest BCUT2D eigenvalue weighted by Crippen LogP contribution is -2.26. The molecule has 1 aliphatic heterocycles. The smallest absolute Gasteiger partial charge is 0.253 e. The van der Waals surface area contributed by atoms with Crippen molar-refractivity contribution >= 4 is 5.91 Å². The van der Waals surface area contributed by atoms with Gasteiger partial charge in [-0.3, -0.25) is 4.79 Å². The maximum Gasteiger partial charge on any atom is 0.253 e. The number of carbonyl (C=O) groups excluding carboxylic acids is 1. The zero-order chi connectivity index (χ0) is 16.3. The highest BCUT2D eigenvalue weighted by molar-refractivity contribution is 5.93. The minimum absolute atomic E-state index is 0.0712. The van der Waals surface area contributed by atoms with Crippen LogP contribution in [0.15, 0.2) is 24.3 Å². The molecule has 0 saturated carbocycles. The molecule has 0 bridgehead atoms. The van der Waals surface area contributed by atoms with Crippen molar-refractivity contribution < 1.29 is 4.79 Å². The summed E-state index contributed by atoms with van der Waals surface area (Å²) in [6.45, 7) is 10.2. The number of nitrogens with one attached hydrogen (secondary N) is 1. The SMILES string of the molecule is CC.CC.CN(C)C(=O)c1ccc(C2CCNCC2)cc1. The number of amides is 1. The van der Waals surface area contributed by atoms with E-state index in [0.29, 0.717) is 5.92 Å². The normalized spacial score (nSPS) is 14.2. The van der Waals surface area contributed by atoms with Crippen LogP contribution in [0.2, 0.25) is 0 Å². The van der Waals surface area contributed by atoms with Gasteiger partial charge in [-0.15, -0.1) is 0 Å². The first-order valence-corrected chi connectivity index (χ1v) is 8.21. The summed E-state index contributed by atoms with van der Waals surface area (Å²) in [6.07, 6.45) is 2.39. The summed E-state index contributed by atoms with van der Waals surface area (Å²) in [4.78, 5) is 13.4. The van der Waals surface area contributed by atoms with E-state index in [1.54, 1.807) is 19.0 Å². The fourth-order valence-electron chi connectivity index (χ4n) is 2.31. The average molecular weight is 292 g/mol. The molecule has 3 heteroatoms. The summed E-state index contributed by atoms with van der Waals surface area (Å²) in [6, 6.07) is 8.10. The van der Waals surface area contributed by atoms with E-state index < -0.39 is 0 Å². The van der Waals surface area contributed by atoms with Crippen molar-refractivity contribution in [3.63, 3.8) is 0 Å². The Bertz CT molecular complexity index is 379. The lowest BCUT2D eigenvalue weighted by Gasteiger charge is -2.23. The minimum atomic E-state index is 0.0712. The molecule has 0 atom stereocenters. The topological polar surface area (TPSA) is 32.3 Å². The van der Waals surface area contributed by atoms with E-state index in [2.05, 4.69) is 17.4 Å². The van der Waals surface area contributed by atoms with Crippen molar-refractivity contribution in [2.45, 2.75) is 46.5 Å². The second kappa shape index (κ2) is 11.3. The number of rotatable bonds is 2. The second-order valence-electron chi connectivity index (χ2n) is 4.85. The van der Waals surface area contributed by atoms with Crippen LogP contribution in [-0.4, -0.2) is 38.0 Å². The van der Waals surface area contributed by atoms with E-state index >= 15 is 0 Å². The molecular formula is C18H32N2O. The minimum Gasteiger partial charge on any atom is -0.345 e. The van der Waals surface area contributed by atoms with Gasteiger partial charge < -0.3 is 10.2 Å². The summed E-state index contributed by atoms with van der Waals surface area (Å²) >= 11 is 0. The van der Waals surface area contributed by atoms with Crippen molar-refractivity contribution in [2.75, 3.05) is 27.2 Å². The fourth-order valence-corrected chi connectivity index (χ4v) is 2.31. The predicted molar refractivity (Wildman–Crippen MR) is 92.0 cm³/mol. The molecule has 1 amide bonds. The lowest BCUT2D eigenvalue weighted by molar-refractivity contribution is 0.0827. The first-order chi connectivity index (χ1) is 10.2. The quantitative estimate of drug-likeness (QED) is 0.896. The fraction of sp³-hybridized carbons (Fsp3) is 0.611. The van der Waals surface area contributed by atoms with Crippen molar-refractivity contribution in [3.05, 3.63) is 35.4 Å². The molecule has 1 heterocycles. The molecule has 0 radical (unpaired) electrons. The highest BCUT2D eigenvalue weighted by atomic mass is 16.2. The first kappa shape index (κ1) is 19.7. The predicted octanol–water partition coefficient (Wildman–Crippen LogP) is 3.91. The number of nitrogens with zero attached hydrogens (tertiary/aromatic N) is 1. The Morgan fingerprint density at radius 1 is 1.00 bits per heavy atom. The number of hydrogen-bond acceptors (Lipinski definition) is 2. The van der Waals surface area contributed by atoms with E-state index in [4.69, 9.17) is 0 Å². The molecule has 1 saturated heterocycles. The van der Waals surface area contributed by atoms with Gasteiger partial charge in [-0.2, -0.15) is 0 Å². The zero-order valence-corrected chi connectivity index (χ0v) is 14.6. The third-order valence-electron chi connectivity index (χ3n) is 3.37. The third-order valence-corrected chi connectivity index (χ3v) is 3.37. The van der Waals surface area contributed by atoms with Crippen LogP contribution in [0.1, 0.15) is 62.4 Å². The molecule has 1 aromatic rings. The van der Waals surface area contributed by atoms with Gasteiger partial charge in [-0.25, -0.2) is 0 Å². The van der Waals surface area contributed by atoms with Gasteiger partial charge >= 0.3 is 0 Å². The number of hydrogen-bond donors (Lipinski definition) is 1. The first-order valence-electron chi connectivity index (χ1n) is 8.21. The van der Waals surface area contributed by atoms with Gasteiger partial charge in [0.1, 0.15) is 0 Å². The lowest BCUT2D eigenvalue weighted by atomic mass is 9.90. The monoisotopic (exact) mass is 292 g/mol. The van der Waals surface area contributed by atoms with Crippen LogP contribution in [0.25, 0.3) is 0 Å². The molecule has 120 valence electrons. The number of benzene rings is 1. The van der Waals surface area contributed by atoms with Gasteiger partial charge in [-0.1, -0.05) is 39.8 Å². The summed E-state index contributed by atoms with van der Waals surface area (Å²) in [5.41, 5.74) is 2.13. The van der Waals surface area contributed by atoms with Crippen molar-refractivity contribution in [1.29, 1.82) is 0 Å².